The Morgan fingerprint density at radius 1 is 0.940 bits per heavy atom. The van der Waals surface area contributed by atoms with E-state index < -0.39 is 89.1 Å². The van der Waals surface area contributed by atoms with Gasteiger partial charge in [0.05, 0.1) is 52.8 Å². The topological polar surface area (TPSA) is 114 Å². The van der Waals surface area contributed by atoms with Crippen molar-refractivity contribution in [2.75, 3.05) is 23.9 Å². The first-order valence-electron chi connectivity index (χ1n) is 14.9. The summed E-state index contributed by atoms with van der Waals surface area (Å²) in [6.45, 7) is 4.23. The molecule has 50 heavy (non-hydrogen) atoms. The Labute approximate surface area is 279 Å². The average Bonchev–Trinajstić information content (AvgIpc) is 3.02. The van der Waals surface area contributed by atoms with Gasteiger partial charge in [0.2, 0.25) is 5.95 Å². The monoisotopic (exact) mass is 722 g/mol. The third-order valence-corrected chi connectivity index (χ3v) is 7.99. The van der Waals surface area contributed by atoms with Crippen molar-refractivity contribution >= 4 is 23.7 Å². The van der Waals surface area contributed by atoms with E-state index in [1.54, 1.807) is 6.92 Å². The average molecular weight is 723 g/mol. The maximum absolute atomic E-state index is 13.8. The van der Waals surface area contributed by atoms with E-state index in [1.165, 1.54) is 13.8 Å². The van der Waals surface area contributed by atoms with E-state index in [9.17, 15) is 54.2 Å². The molecule has 1 amide bonds. The number of fused-ring (bicyclic) bond motifs is 1. The van der Waals surface area contributed by atoms with E-state index in [4.69, 9.17) is 9.47 Å². The highest BCUT2D eigenvalue weighted by atomic mass is 19.4. The number of hydrogen-bond donors (Lipinski definition) is 2. The second-order valence-corrected chi connectivity index (χ2v) is 12.2. The Morgan fingerprint density at radius 3 is 2.08 bits per heavy atom. The number of anilines is 2. The van der Waals surface area contributed by atoms with Crippen molar-refractivity contribution in [2.45, 2.75) is 70.6 Å². The standard InChI is InChI=1S/C32H31F9N4O5/c1-5-20-13-22(21-12-17(30(33,34)35)6-7-24(21)45(20)28(48)50-15-29(2,3)26(47)49-4)43-27-42-14-25(46)23(44-27)10-16-8-18(31(36,37)38)11-19(9-16)32(39,40)41/h6-9,11-12,14,20,22,46H,5,10,13,15H2,1-4H3,(H,42,43,44)/t20-,22+/m1/s1. The lowest BCUT2D eigenvalue weighted by Crippen LogP contribution is -2.47. The molecule has 0 spiro atoms. The lowest BCUT2D eigenvalue weighted by atomic mass is 9.89. The SMILES string of the molecule is CC[C@@H]1C[C@H](Nc2ncc(O)c(Cc3cc(C(F)(F)F)cc(C(F)(F)F)c3)n2)c2cc(C(F)(F)F)ccc2N1C(=O)OCC(C)(C)C(=O)OC. The number of nitrogens with one attached hydrogen (secondary N) is 1. The van der Waals surface area contributed by atoms with Gasteiger partial charge in [-0.05, 0) is 74.2 Å². The number of aromatic nitrogens is 2. The number of amides is 1. The molecule has 9 nitrogen and oxygen atoms in total. The predicted molar refractivity (Wildman–Crippen MR) is 159 cm³/mol. The van der Waals surface area contributed by atoms with E-state index in [-0.39, 0.29) is 41.8 Å². The van der Waals surface area contributed by atoms with Gasteiger partial charge in [0.1, 0.15) is 6.61 Å². The number of esters is 1. The van der Waals surface area contributed by atoms with Gasteiger partial charge in [0.25, 0.3) is 0 Å². The third kappa shape index (κ3) is 8.50. The van der Waals surface area contributed by atoms with E-state index in [2.05, 4.69) is 15.3 Å². The molecule has 18 heteroatoms. The third-order valence-electron chi connectivity index (χ3n) is 7.99. The molecule has 2 heterocycles. The van der Waals surface area contributed by atoms with Crippen molar-refractivity contribution in [3.63, 3.8) is 0 Å². The molecule has 272 valence electrons. The number of carbonyl (C=O) groups is 2. The molecule has 1 aliphatic heterocycles. The van der Waals surface area contributed by atoms with Gasteiger partial charge >= 0.3 is 30.6 Å². The van der Waals surface area contributed by atoms with Gasteiger partial charge in [0, 0.05) is 12.5 Å². The van der Waals surface area contributed by atoms with Crippen molar-refractivity contribution in [3.8, 4) is 5.75 Å². The Kier molecular flexibility index (Phi) is 10.5. The van der Waals surface area contributed by atoms with Gasteiger partial charge in [-0.25, -0.2) is 14.8 Å². The summed E-state index contributed by atoms with van der Waals surface area (Å²) in [6.07, 6.45) is -15.6. The molecule has 2 aromatic carbocycles. The number of aromatic hydroxyl groups is 1. The van der Waals surface area contributed by atoms with Crippen LogP contribution in [0.2, 0.25) is 0 Å². The van der Waals surface area contributed by atoms with Gasteiger partial charge < -0.3 is 19.9 Å². The summed E-state index contributed by atoms with van der Waals surface area (Å²) in [5, 5.41) is 13.2. The fourth-order valence-electron chi connectivity index (χ4n) is 5.39. The van der Waals surface area contributed by atoms with Gasteiger partial charge in [0.15, 0.2) is 5.75 Å². The lowest BCUT2D eigenvalue weighted by Gasteiger charge is -2.40. The molecule has 2 atom stereocenters. The van der Waals surface area contributed by atoms with Crippen LogP contribution in [0.4, 0.5) is 55.9 Å². The molecule has 1 aromatic heterocycles. The minimum atomic E-state index is -5.12. The Bertz CT molecular complexity index is 1710. The second-order valence-electron chi connectivity index (χ2n) is 12.2. The molecule has 4 rings (SSSR count). The van der Waals surface area contributed by atoms with Crippen LogP contribution in [0.1, 0.15) is 73.2 Å². The first-order valence-corrected chi connectivity index (χ1v) is 14.9. The zero-order valence-corrected chi connectivity index (χ0v) is 26.8. The van der Waals surface area contributed by atoms with Crippen molar-refractivity contribution in [1.82, 2.24) is 9.97 Å². The highest BCUT2D eigenvalue weighted by Crippen LogP contribution is 2.43. The molecule has 0 unspecified atom stereocenters. The van der Waals surface area contributed by atoms with Crippen LogP contribution < -0.4 is 10.2 Å². The van der Waals surface area contributed by atoms with Gasteiger partial charge in [-0.3, -0.25) is 9.69 Å². The van der Waals surface area contributed by atoms with Crippen LogP contribution in [-0.4, -0.2) is 46.9 Å². The molecule has 0 radical (unpaired) electrons. The Hall–Kier alpha value is -4.77. The highest BCUT2D eigenvalue weighted by molar-refractivity contribution is 5.91. The number of halogens is 9. The number of methoxy groups -OCH3 is 1. The van der Waals surface area contributed by atoms with Crippen LogP contribution in [0.15, 0.2) is 42.6 Å². The van der Waals surface area contributed by atoms with Crippen LogP contribution in [0.25, 0.3) is 0 Å². The number of benzene rings is 2. The van der Waals surface area contributed by atoms with E-state index in [1.807, 2.05) is 0 Å². The van der Waals surface area contributed by atoms with Gasteiger partial charge in [-0.15, -0.1) is 0 Å². The maximum Gasteiger partial charge on any atom is 0.416 e. The normalized spacial score (nSPS) is 16.9. The molecule has 0 fully saturated rings. The van der Waals surface area contributed by atoms with Crippen molar-refractivity contribution < 1.29 is 63.7 Å². The van der Waals surface area contributed by atoms with E-state index in [0.717, 1.165) is 36.4 Å². The Balaban J connectivity index is 1.71. The number of hydrogen-bond acceptors (Lipinski definition) is 8. The predicted octanol–water partition coefficient (Wildman–Crippen LogP) is 8.31. The summed E-state index contributed by atoms with van der Waals surface area (Å²) in [5.74, 6) is -1.65. The number of nitrogens with zero attached hydrogens (tertiary/aromatic N) is 3. The van der Waals surface area contributed by atoms with Crippen LogP contribution in [0, 0.1) is 5.41 Å². The molecule has 0 bridgehead atoms. The molecule has 1 aliphatic rings. The summed E-state index contributed by atoms with van der Waals surface area (Å²) in [5.41, 5.74) is -6.33. The van der Waals surface area contributed by atoms with Crippen molar-refractivity contribution in [3.05, 3.63) is 76.1 Å². The fourth-order valence-corrected chi connectivity index (χ4v) is 5.39. The molecule has 3 aromatic rings. The van der Waals surface area contributed by atoms with Crippen molar-refractivity contribution in [1.29, 1.82) is 0 Å². The number of ether oxygens (including phenoxy) is 2. The number of rotatable bonds is 8. The molecule has 0 saturated heterocycles. The summed E-state index contributed by atoms with van der Waals surface area (Å²) in [7, 11) is 1.15. The van der Waals surface area contributed by atoms with Crippen LogP contribution in [-0.2, 0) is 39.2 Å². The summed E-state index contributed by atoms with van der Waals surface area (Å²) in [6, 6.07) is 1.86. The summed E-state index contributed by atoms with van der Waals surface area (Å²) in [4.78, 5) is 34.6. The van der Waals surface area contributed by atoms with Crippen molar-refractivity contribution in [2.24, 2.45) is 5.41 Å². The van der Waals surface area contributed by atoms with Crippen LogP contribution >= 0.6 is 0 Å². The largest absolute Gasteiger partial charge is 0.504 e. The molecule has 0 saturated carbocycles. The van der Waals surface area contributed by atoms with E-state index in [0.29, 0.717) is 12.1 Å². The molecule has 2 N–H and O–H groups in total. The second kappa shape index (κ2) is 13.9. The fraction of sp³-hybridized carbons (Fsp3) is 0.438. The zero-order valence-electron chi connectivity index (χ0n) is 26.8. The highest BCUT2D eigenvalue weighted by Gasteiger charge is 2.41. The maximum atomic E-state index is 13.8. The smallest absolute Gasteiger partial charge is 0.416 e. The first-order chi connectivity index (χ1) is 23.0. The number of alkyl halides is 9. The number of carbonyl (C=O) groups excluding carboxylic acids is 2. The first kappa shape index (κ1) is 38.0. The Morgan fingerprint density at radius 2 is 1.54 bits per heavy atom. The molecular weight excluding hydrogens is 691 g/mol. The van der Waals surface area contributed by atoms with Gasteiger partial charge in [-0.1, -0.05) is 6.92 Å². The summed E-state index contributed by atoms with van der Waals surface area (Å²) < 4.78 is 132. The molecular formula is C32H31F9N4O5. The van der Waals surface area contributed by atoms with Crippen LogP contribution in [0.3, 0.4) is 0 Å². The molecule has 0 aliphatic carbocycles. The van der Waals surface area contributed by atoms with Gasteiger partial charge in [-0.2, -0.15) is 39.5 Å². The zero-order chi connectivity index (χ0) is 37.4. The minimum absolute atomic E-state index is 0.0251. The van der Waals surface area contributed by atoms with E-state index >= 15 is 0 Å². The lowest BCUT2D eigenvalue weighted by molar-refractivity contribution is -0.153. The quantitative estimate of drug-likeness (QED) is 0.176. The van der Waals surface area contributed by atoms with Crippen LogP contribution in [0.5, 0.6) is 5.75 Å². The summed E-state index contributed by atoms with van der Waals surface area (Å²) >= 11 is 0. The minimum Gasteiger partial charge on any atom is -0.504 e.